The normalized spacial score (nSPS) is 10.8. The molecular formula is C14H11N3OS. The van der Waals surface area contributed by atoms with E-state index in [-0.39, 0.29) is 0 Å². The number of primary amides is 1. The molecule has 1 aromatic carbocycles. The molecular weight excluding hydrogens is 258 g/mol. The Balaban J connectivity index is 2.36. The Morgan fingerprint density at radius 3 is 2.79 bits per heavy atom. The molecule has 94 valence electrons. The number of hydrogen-bond donors (Lipinski definition) is 1. The standard InChI is InChI=1S/C14H11N3OS/c1-8-16-11-6-7-19-13(11)12(17-8)9-4-2-3-5-10(9)14(15)18/h2-7H,1H3,(H2,15,18). The van der Waals surface area contributed by atoms with Crippen molar-refractivity contribution in [3.05, 3.63) is 47.1 Å². The number of carbonyl (C=O) groups excluding carboxylic acids is 1. The summed E-state index contributed by atoms with van der Waals surface area (Å²) >= 11 is 1.56. The second-order valence-electron chi connectivity index (χ2n) is 4.16. The summed E-state index contributed by atoms with van der Waals surface area (Å²) < 4.78 is 0.972. The van der Waals surface area contributed by atoms with Crippen molar-refractivity contribution in [1.82, 2.24) is 9.97 Å². The average molecular weight is 269 g/mol. The lowest BCUT2D eigenvalue weighted by atomic mass is 10.0. The van der Waals surface area contributed by atoms with Crippen LogP contribution in [0.25, 0.3) is 21.5 Å². The first kappa shape index (κ1) is 11.8. The molecule has 0 unspecified atom stereocenters. The van der Waals surface area contributed by atoms with E-state index in [2.05, 4.69) is 9.97 Å². The number of hydrogen-bond acceptors (Lipinski definition) is 4. The van der Waals surface area contributed by atoms with E-state index in [1.165, 1.54) is 0 Å². The number of nitrogens with two attached hydrogens (primary N) is 1. The van der Waals surface area contributed by atoms with Gasteiger partial charge in [-0.1, -0.05) is 18.2 Å². The van der Waals surface area contributed by atoms with Crippen LogP contribution < -0.4 is 5.73 Å². The molecule has 0 fully saturated rings. The van der Waals surface area contributed by atoms with Gasteiger partial charge in [-0.15, -0.1) is 11.3 Å². The molecule has 0 aliphatic heterocycles. The number of aryl methyl sites for hydroxylation is 1. The van der Waals surface area contributed by atoms with Crippen molar-refractivity contribution in [2.24, 2.45) is 5.73 Å². The van der Waals surface area contributed by atoms with Crippen molar-refractivity contribution in [3.8, 4) is 11.3 Å². The van der Waals surface area contributed by atoms with Crippen LogP contribution in [0.15, 0.2) is 35.7 Å². The summed E-state index contributed by atoms with van der Waals surface area (Å²) in [5.74, 6) is 0.233. The maximum atomic E-state index is 11.5. The molecule has 0 aliphatic rings. The third-order valence-corrected chi connectivity index (χ3v) is 3.77. The second-order valence-corrected chi connectivity index (χ2v) is 5.08. The average Bonchev–Trinajstić information content (AvgIpc) is 2.85. The monoisotopic (exact) mass is 269 g/mol. The van der Waals surface area contributed by atoms with Gasteiger partial charge in [0.1, 0.15) is 5.82 Å². The van der Waals surface area contributed by atoms with Crippen LogP contribution in [0.4, 0.5) is 0 Å². The number of fused-ring (bicyclic) bond motifs is 1. The van der Waals surface area contributed by atoms with Crippen LogP contribution in [0.3, 0.4) is 0 Å². The Labute approximate surface area is 113 Å². The molecule has 3 aromatic rings. The van der Waals surface area contributed by atoms with Crippen LogP contribution in [0, 0.1) is 6.92 Å². The smallest absolute Gasteiger partial charge is 0.249 e. The third kappa shape index (κ3) is 1.98. The first-order chi connectivity index (χ1) is 9.16. The van der Waals surface area contributed by atoms with Crippen LogP contribution in [-0.2, 0) is 0 Å². The van der Waals surface area contributed by atoms with Crippen LogP contribution in [0.5, 0.6) is 0 Å². The summed E-state index contributed by atoms with van der Waals surface area (Å²) in [5.41, 5.74) is 8.33. The zero-order chi connectivity index (χ0) is 13.4. The zero-order valence-corrected chi connectivity index (χ0v) is 11.1. The summed E-state index contributed by atoms with van der Waals surface area (Å²) in [5, 5.41) is 1.97. The lowest BCUT2D eigenvalue weighted by molar-refractivity contribution is 0.100. The Kier molecular flexibility index (Phi) is 2.76. The molecule has 3 rings (SSSR count). The lowest BCUT2D eigenvalue weighted by Crippen LogP contribution is -2.12. The molecule has 4 nitrogen and oxygen atoms in total. The Morgan fingerprint density at radius 1 is 1.21 bits per heavy atom. The van der Waals surface area contributed by atoms with E-state index in [0.29, 0.717) is 11.4 Å². The summed E-state index contributed by atoms with van der Waals surface area (Å²) in [6.45, 7) is 1.84. The highest BCUT2D eigenvalue weighted by atomic mass is 32.1. The fourth-order valence-corrected chi connectivity index (χ4v) is 2.90. The molecule has 0 atom stereocenters. The molecule has 19 heavy (non-hydrogen) atoms. The number of nitrogens with zero attached hydrogens (tertiary/aromatic N) is 2. The summed E-state index contributed by atoms with van der Waals surface area (Å²) in [6, 6.07) is 9.20. The first-order valence-electron chi connectivity index (χ1n) is 5.78. The SMILES string of the molecule is Cc1nc(-c2ccccc2C(N)=O)c2sccc2n1. The van der Waals surface area contributed by atoms with Crippen molar-refractivity contribution in [1.29, 1.82) is 0 Å². The van der Waals surface area contributed by atoms with E-state index in [4.69, 9.17) is 5.73 Å². The van der Waals surface area contributed by atoms with E-state index in [0.717, 1.165) is 21.5 Å². The van der Waals surface area contributed by atoms with E-state index in [9.17, 15) is 4.79 Å². The zero-order valence-electron chi connectivity index (χ0n) is 10.3. The van der Waals surface area contributed by atoms with Crippen LogP contribution in [-0.4, -0.2) is 15.9 Å². The molecule has 0 saturated carbocycles. The number of carbonyl (C=O) groups is 1. The van der Waals surface area contributed by atoms with Gasteiger partial charge in [-0.05, 0) is 24.4 Å². The second kappa shape index (κ2) is 4.44. The Morgan fingerprint density at radius 2 is 2.00 bits per heavy atom. The van der Waals surface area contributed by atoms with Crippen molar-refractivity contribution < 1.29 is 4.79 Å². The summed E-state index contributed by atoms with van der Waals surface area (Å²) in [7, 11) is 0. The molecule has 5 heteroatoms. The molecule has 1 amide bonds. The number of benzene rings is 1. The number of thiophene rings is 1. The van der Waals surface area contributed by atoms with E-state index >= 15 is 0 Å². The Bertz CT molecular complexity index is 779. The molecule has 0 radical (unpaired) electrons. The highest BCUT2D eigenvalue weighted by Crippen LogP contribution is 2.31. The summed E-state index contributed by atoms with van der Waals surface area (Å²) in [6.07, 6.45) is 0. The molecule has 2 aromatic heterocycles. The fraction of sp³-hybridized carbons (Fsp3) is 0.0714. The van der Waals surface area contributed by atoms with Gasteiger partial charge in [0, 0.05) is 11.1 Å². The van der Waals surface area contributed by atoms with Gasteiger partial charge < -0.3 is 5.73 Å². The minimum Gasteiger partial charge on any atom is -0.366 e. The van der Waals surface area contributed by atoms with Crippen molar-refractivity contribution >= 4 is 27.5 Å². The number of amides is 1. The maximum absolute atomic E-state index is 11.5. The number of aromatic nitrogens is 2. The minimum absolute atomic E-state index is 0.448. The highest BCUT2D eigenvalue weighted by Gasteiger charge is 2.15. The van der Waals surface area contributed by atoms with Gasteiger partial charge in [0.25, 0.3) is 0 Å². The van der Waals surface area contributed by atoms with Crippen LogP contribution >= 0.6 is 11.3 Å². The molecule has 0 saturated heterocycles. The first-order valence-corrected chi connectivity index (χ1v) is 6.66. The van der Waals surface area contributed by atoms with E-state index < -0.39 is 5.91 Å². The third-order valence-electron chi connectivity index (χ3n) is 2.86. The van der Waals surface area contributed by atoms with Gasteiger partial charge in [0.2, 0.25) is 5.91 Å². The molecule has 2 heterocycles. The molecule has 0 bridgehead atoms. The molecule has 2 N–H and O–H groups in total. The van der Waals surface area contributed by atoms with E-state index in [1.54, 1.807) is 23.5 Å². The molecule has 0 spiro atoms. The van der Waals surface area contributed by atoms with Crippen LogP contribution in [0.2, 0.25) is 0 Å². The van der Waals surface area contributed by atoms with Crippen LogP contribution in [0.1, 0.15) is 16.2 Å². The van der Waals surface area contributed by atoms with Gasteiger partial charge in [-0.2, -0.15) is 0 Å². The minimum atomic E-state index is -0.448. The predicted octanol–water partition coefficient (Wildman–Crippen LogP) is 2.77. The lowest BCUT2D eigenvalue weighted by Gasteiger charge is -2.07. The maximum Gasteiger partial charge on any atom is 0.249 e. The number of rotatable bonds is 2. The van der Waals surface area contributed by atoms with Gasteiger partial charge >= 0.3 is 0 Å². The predicted molar refractivity (Wildman–Crippen MR) is 76.1 cm³/mol. The molecule has 0 aliphatic carbocycles. The highest BCUT2D eigenvalue weighted by molar-refractivity contribution is 7.17. The van der Waals surface area contributed by atoms with E-state index in [1.807, 2.05) is 30.5 Å². The van der Waals surface area contributed by atoms with Gasteiger partial charge in [-0.3, -0.25) is 4.79 Å². The largest absolute Gasteiger partial charge is 0.366 e. The van der Waals surface area contributed by atoms with Gasteiger partial charge in [0.05, 0.1) is 15.9 Å². The van der Waals surface area contributed by atoms with Gasteiger partial charge in [-0.25, -0.2) is 9.97 Å². The summed E-state index contributed by atoms with van der Waals surface area (Å²) in [4.78, 5) is 20.4. The topological polar surface area (TPSA) is 68.9 Å². The van der Waals surface area contributed by atoms with Crippen molar-refractivity contribution in [2.45, 2.75) is 6.92 Å². The van der Waals surface area contributed by atoms with Crippen molar-refractivity contribution in [2.75, 3.05) is 0 Å². The quantitative estimate of drug-likeness (QED) is 0.777. The Hall–Kier alpha value is -2.27. The van der Waals surface area contributed by atoms with Gasteiger partial charge in [0.15, 0.2) is 0 Å². The van der Waals surface area contributed by atoms with Crippen molar-refractivity contribution in [3.63, 3.8) is 0 Å². The fourth-order valence-electron chi connectivity index (χ4n) is 2.07.